The van der Waals surface area contributed by atoms with Gasteiger partial charge in [0.15, 0.2) is 0 Å². The molecule has 0 aliphatic rings. The van der Waals surface area contributed by atoms with Gasteiger partial charge in [0.1, 0.15) is 12.4 Å². The van der Waals surface area contributed by atoms with Crippen LogP contribution in [0.15, 0.2) is 42.5 Å². The second-order valence-electron chi connectivity index (χ2n) is 6.11. The highest BCUT2D eigenvalue weighted by atomic mass is 16.5. The predicted octanol–water partition coefficient (Wildman–Crippen LogP) is 3.62. The molecule has 3 nitrogen and oxygen atoms in total. The third-order valence-corrected chi connectivity index (χ3v) is 3.14. The Morgan fingerprint density at radius 1 is 0.905 bits per heavy atom. The first-order chi connectivity index (χ1) is 10.1. The summed E-state index contributed by atoms with van der Waals surface area (Å²) in [4.78, 5) is 0. The van der Waals surface area contributed by atoms with E-state index < -0.39 is 0 Å². The van der Waals surface area contributed by atoms with Gasteiger partial charge in [-0.2, -0.15) is 0 Å². The van der Waals surface area contributed by atoms with E-state index in [1.165, 1.54) is 5.39 Å². The number of rotatable bonds is 7. The van der Waals surface area contributed by atoms with Crippen molar-refractivity contribution in [2.75, 3.05) is 26.4 Å². The van der Waals surface area contributed by atoms with E-state index in [0.717, 1.165) is 17.7 Å². The molecule has 0 amide bonds. The summed E-state index contributed by atoms with van der Waals surface area (Å²) >= 11 is 0. The van der Waals surface area contributed by atoms with E-state index in [0.29, 0.717) is 19.8 Å². The lowest BCUT2D eigenvalue weighted by Gasteiger charge is -2.20. The average molecular weight is 287 g/mol. The van der Waals surface area contributed by atoms with Gasteiger partial charge in [-0.05, 0) is 32.2 Å². The molecule has 0 unspecified atom stereocenters. The Hall–Kier alpha value is -1.58. The van der Waals surface area contributed by atoms with Crippen LogP contribution in [0, 0.1) is 0 Å². The highest BCUT2D eigenvalue weighted by molar-refractivity contribution is 5.88. The normalized spacial score (nSPS) is 11.8. The molecule has 0 aromatic heterocycles. The Bertz CT molecular complexity index is 555. The first kappa shape index (κ1) is 15.8. The van der Waals surface area contributed by atoms with Crippen LogP contribution in [-0.4, -0.2) is 31.9 Å². The van der Waals surface area contributed by atoms with E-state index in [-0.39, 0.29) is 5.54 Å². The lowest BCUT2D eigenvalue weighted by Crippen LogP contribution is -2.38. The van der Waals surface area contributed by atoms with Crippen molar-refractivity contribution in [2.45, 2.75) is 26.3 Å². The van der Waals surface area contributed by atoms with Gasteiger partial charge in [0, 0.05) is 17.5 Å². The maximum atomic E-state index is 5.82. The van der Waals surface area contributed by atoms with E-state index in [4.69, 9.17) is 9.47 Å². The first-order valence-electron chi connectivity index (χ1n) is 7.50. The zero-order valence-corrected chi connectivity index (χ0v) is 13.2. The standard InChI is InChI=1S/C18H25NO2/c1-18(2,3)19-11-12-20-13-14-21-17-10-6-8-15-7-4-5-9-16(15)17/h4-10,19H,11-14H2,1-3H3. The molecule has 0 saturated carbocycles. The molecule has 0 atom stereocenters. The minimum atomic E-state index is 0.142. The Morgan fingerprint density at radius 2 is 1.67 bits per heavy atom. The zero-order valence-electron chi connectivity index (χ0n) is 13.2. The monoisotopic (exact) mass is 287 g/mol. The molecule has 0 aliphatic heterocycles. The van der Waals surface area contributed by atoms with Gasteiger partial charge >= 0.3 is 0 Å². The van der Waals surface area contributed by atoms with E-state index in [9.17, 15) is 0 Å². The molecule has 0 aliphatic carbocycles. The SMILES string of the molecule is CC(C)(C)NCCOCCOc1cccc2ccccc12. The van der Waals surface area contributed by atoms with E-state index >= 15 is 0 Å². The van der Waals surface area contributed by atoms with Crippen molar-refractivity contribution < 1.29 is 9.47 Å². The van der Waals surface area contributed by atoms with Gasteiger partial charge in [0.05, 0.1) is 13.2 Å². The fraction of sp³-hybridized carbons (Fsp3) is 0.444. The summed E-state index contributed by atoms with van der Waals surface area (Å²) in [6.07, 6.45) is 0. The van der Waals surface area contributed by atoms with Crippen LogP contribution in [0.1, 0.15) is 20.8 Å². The van der Waals surface area contributed by atoms with E-state index in [1.807, 2.05) is 24.3 Å². The fourth-order valence-corrected chi connectivity index (χ4v) is 2.13. The summed E-state index contributed by atoms with van der Waals surface area (Å²) < 4.78 is 11.4. The van der Waals surface area contributed by atoms with Crippen LogP contribution >= 0.6 is 0 Å². The summed E-state index contributed by atoms with van der Waals surface area (Å²) in [6.45, 7) is 9.19. The molecule has 0 saturated heterocycles. The molecule has 0 spiro atoms. The van der Waals surface area contributed by atoms with Gasteiger partial charge in [-0.1, -0.05) is 36.4 Å². The van der Waals surface area contributed by atoms with Crippen molar-refractivity contribution in [3.05, 3.63) is 42.5 Å². The van der Waals surface area contributed by atoms with Gasteiger partial charge in [-0.25, -0.2) is 0 Å². The van der Waals surface area contributed by atoms with Crippen LogP contribution in [0.5, 0.6) is 5.75 Å². The van der Waals surface area contributed by atoms with Gasteiger partial charge in [0.25, 0.3) is 0 Å². The number of hydrogen-bond donors (Lipinski definition) is 1. The topological polar surface area (TPSA) is 30.5 Å². The van der Waals surface area contributed by atoms with Crippen molar-refractivity contribution >= 4 is 10.8 Å². The third-order valence-electron chi connectivity index (χ3n) is 3.14. The highest BCUT2D eigenvalue weighted by Crippen LogP contribution is 2.24. The highest BCUT2D eigenvalue weighted by Gasteiger charge is 2.07. The molecule has 2 aromatic rings. The van der Waals surface area contributed by atoms with Crippen LogP contribution in [-0.2, 0) is 4.74 Å². The lowest BCUT2D eigenvalue weighted by molar-refractivity contribution is 0.0990. The number of ether oxygens (including phenoxy) is 2. The molecule has 21 heavy (non-hydrogen) atoms. The maximum Gasteiger partial charge on any atom is 0.127 e. The Kier molecular flexibility index (Phi) is 5.59. The molecule has 2 rings (SSSR count). The summed E-state index contributed by atoms with van der Waals surface area (Å²) in [5.41, 5.74) is 0.142. The quantitative estimate of drug-likeness (QED) is 0.789. The summed E-state index contributed by atoms with van der Waals surface area (Å²) in [5, 5.41) is 5.74. The smallest absolute Gasteiger partial charge is 0.127 e. The fourth-order valence-electron chi connectivity index (χ4n) is 2.13. The summed E-state index contributed by atoms with van der Waals surface area (Å²) in [6, 6.07) is 14.4. The molecule has 0 fully saturated rings. The molecular formula is C18H25NO2. The Morgan fingerprint density at radius 3 is 2.48 bits per heavy atom. The molecular weight excluding hydrogens is 262 g/mol. The van der Waals surface area contributed by atoms with Crippen LogP contribution in [0.2, 0.25) is 0 Å². The van der Waals surface area contributed by atoms with Crippen molar-refractivity contribution in [3.8, 4) is 5.75 Å². The predicted molar refractivity (Wildman–Crippen MR) is 88.0 cm³/mol. The molecule has 114 valence electrons. The number of benzene rings is 2. The maximum absolute atomic E-state index is 5.82. The Labute approximate surface area is 127 Å². The van der Waals surface area contributed by atoms with Crippen molar-refractivity contribution in [1.82, 2.24) is 5.32 Å². The van der Waals surface area contributed by atoms with Gasteiger partial charge in [0.2, 0.25) is 0 Å². The molecule has 0 radical (unpaired) electrons. The molecule has 2 aromatic carbocycles. The van der Waals surface area contributed by atoms with Gasteiger partial charge < -0.3 is 14.8 Å². The molecule has 3 heteroatoms. The number of nitrogens with one attached hydrogen (secondary N) is 1. The van der Waals surface area contributed by atoms with Crippen molar-refractivity contribution in [2.24, 2.45) is 0 Å². The number of fused-ring (bicyclic) bond motifs is 1. The molecule has 0 heterocycles. The largest absolute Gasteiger partial charge is 0.491 e. The zero-order chi connectivity index (χ0) is 15.1. The average Bonchev–Trinajstić information content (AvgIpc) is 2.45. The summed E-state index contributed by atoms with van der Waals surface area (Å²) in [5.74, 6) is 0.921. The molecule has 0 bridgehead atoms. The minimum absolute atomic E-state index is 0.142. The third kappa shape index (κ3) is 5.37. The van der Waals surface area contributed by atoms with Gasteiger partial charge in [-0.15, -0.1) is 0 Å². The second-order valence-corrected chi connectivity index (χ2v) is 6.11. The second kappa shape index (κ2) is 7.43. The number of hydrogen-bond acceptors (Lipinski definition) is 3. The van der Waals surface area contributed by atoms with E-state index in [1.54, 1.807) is 0 Å². The van der Waals surface area contributed by atoms with Crippen LogP contribution in [0.4, 0.5) is 0 Å². The van der Waals surface area contributed by atoms with Gasteiger partial charge in [-0.3, -0.25) is 0 Å². The van der Waals surface area contributed by atoms with Crippen LogP contribution in [0.3, 0.4) is 0 Å². The van der Waals surface area contributed by atoms with Crippen LogP contribution < -0.4 is 10.1 Å². The van der Waals surface area contributed by atoms with Crippen LogP contribution in [0.25, 0.3) is 10.8 Å². The first-order valence-corrected chi connectivity index (χ1v) is 7.50. The molecule has 1 N–H and O–H groups in total. The van der Waals surface area contributed by atoms with Crippen molar-refractivity contribution in [1.29, 1.82) is 0 Å². The summed E-state index contributed by atoms with van der Waals surface area (Å²) in [7, 11) is 0. The van der Waals surface area contributed by atoms with E-state index in [2.05, 4.69) is 44.3 Å². The Balaban J connectivity index is 1.71. The lowest BCUT2D eigenvalue weighted by atomic mass is 10.1. The van der Waals surface area contributed by atoms with Crippen molar-refractivity contribution in [3.63, 3.8) is 0 Å². The minimum Gasteiger partial charge on any atom is -0.491 e.